The lowest BCUT2D eigenvalue weighted by Gasteiger charge is -2.02. The van der Waals surface area contributed by atoms with Crippen molar-refractivity contribution in [3.05, 3.63) is 54.4 Å². The summed E-state index contributed by atoms with van der Waals surface area (Å²) < 4.78 is 24.9. The molecule has 0 unspecified atom stereocenters. The van der Waals surface area contributed by atoms with Gasteiger partial charge >= 0.3 is 0 Å². The third-order valence-corrected chi connectivity index (χ3v) is 2.00. The van der Waals surface area contributed by atoms with Crippen molar-refractivity contribution in [2.24, 2.45) is 4.99 Å². The number of hydrogen-bond donors (Lipinski definition) is 1. The summed E-state index contributed by atoms with van der Waals surface area (Å²) in [6.45, 7) is 5.21. The van der Waals surface area contributed by atoms with Gasteiger partial charge in [-0.15, -0.1) is 0 Å². The number of rotatable bonds is 4. The molecule has 0 spiro atoms. The lowest BCUT2D eigenvalue weighted by atomic mass is 10.3. The van der Waals surface area contributed by atoms with E-state index in [-0.39, 0.29) is 17.2 Å². The molecule has 1 rings (SSSR count). The number of aliphatic imine (C=N–C) groups is 1. The van der Waals surface area contributed by atoms with Crippen LogP contribution in [0.15, 0.2) is 48.0 Å². The molecule has 18 heavy (non-hydrogen) atoms. The minimum Gasteiger partial charge on any atom is -0.281 e. The van der Waals surface area contributed by atoms with E-state index in [4.69, 9.17) is 5.41 Å². The normalized spacial score (nSPS) is 12.1. The van der Waals surface area contributed by atoms with Crippen LogP contribution in [0.3, 0.4) is 0 Å². The molecule has 0 saturated heterocycles. The largest absolute Gasteiger partial charge is 0.281 e. The van der Waals surface area contributed by atoms with Gasteiger partial charge in [0.1, 0.15) is 11.4 Å². The van der Waals surface area contributed by atoms with Crippen molar-refractivity contribution in [1.82, 2.24) is 4.98 Å². The molecule has 0 saturated carbocycles. The second kappa shape index (κ2) is 6.54. The van der Waals surface area contributed by atoms with Crippen molar-refractivity contribution < 1.29 is 8.78 Å². The molecule has 0 amide bonds. The van der Waals surface area contributed by atoms with Crippen LogP contribution in [0.5, 0.6) is 0 Å². The Bertz CT molecular complexity index is 505. The summed E-state index contributed by atoms with van der Waals surface area (Å²) in [6.07, 6.45) is 2.27. The van der Waals surface area contributed by atoms with Crippen LogP contribution in [0.25, 0.3) is 0 Å². The van der Waals surface area contributed by atoms with Crippen molar-refractivity contribution in [3.63, 3.8) is 0 Å². The molecule has 0 atom stereocenters. The monoisotopic (exact) mass is 249 g/mol. The van der Waals surface area contributed by atoms with Gasteiger partial charge in [-0.1, -0.05) is 24.8 Å². The van der Waals surface area contributed by atoms with Crippen LogP contribution in [0.4, 0.5) is 8.78 Å². The smallest absolute Gasteiger partial charge is 0.280 e. The molecule has 5 heteroatoms. The highest BCUT2D eigenvalue weighted by Gasteiger charge is 2.10. The zero-order valence-corrected chi connectivity index (χ0v) is 9.90. The third kappa shape index (κ3) is 4.01. The maximum atomic E-state index is 12.4. The zero-order valence-electron chi connectivity index (χ0n) is 9.90. The Morgan fingerprint density at radius 3 is 2.83 bits per heavy atom. The van der Waals surface area contributed by atoms with Crippen LogP contribution in [0, 0.1) is 5.41 Å². The molecule has 1 aromatic rings. The van der Waals surface area contributed by atoms with Crippen molar-refractivity contribution in [3.8, 4) is 0 Å². The number of amidine groups is 1. The summed E-state index contributed by atoms with van der Waals surface area (Å²) in [5, 5.41) is 7.68. The Labute approximate surface area is 104 Å². The molecule has 0 aliphatic rings. The minimum absolute atomic E-state index is 0.124. The Morgan fingerprint density at radius 1 is 1.50 bits per heavy atom. The van der Waals surface area contributed by atoms with E-state index in [0.717, 1.165) is 0 Å². The van der Waals surface area contributed by atoms with E-state index < -0.39 is 6.43 Å². The topological polar surface area (TPSA) is 49.1 Å². The molecule has 1 aromatic heterocycles. The number of nitrogens with zero attached hydrogens (tertiary/aromatic N) is 2. The van der Waals surface area contributed by atoms with Crippen molar-refractivity contribution >= 4 is 11.5 Å². The van der Waals surface area contributed by atoms with E-state index in [0.29, 0.717) is 5.71 Å². The SMILES string of the molecule is C=C/C=C/C(C)=N\C(=N)c1cccc(C(F)F)n1. The molecule has 0 radical (unpaired) electrons. The number of aromatic nitrogens is 1. The number of pyridine rings is 1. The summed E-state index contributed by atoms with van der Waals surface area (Å²) in [6, 6.07) is 4.13. The second-order valence-corrected chi connectivity index (χ2v) is 3.44. The summed E-state index contributed by atoms with van der Waals surface area (Å²) in [5.41, 5.74) is 0.343. The van der Waals surface area contributed by atoms with E-state index >= 15 is 0 Å². The summed E-state index contributed by atoms with van der Waals surface area (Å²) in [4.78, 5) is 7.62. The van der Waals surface area contributed by atoms with Crippen LogP contribution >= 0.6 is 0 Å². The average Bonchev–Trinajstić information content (AvgIpc) is 2.36. The Morgan fingerprint density at radius 2 is 2.22 bits per heavy atom. The maximum Gasteiger partial charge on any atom is 0.280 e. The van der Waals surface area contributed by atoms with Crippen LogP contribution in [0.1, 0.15) is 24.7 Å². The Hall–Kier alpha value is -2.17. The first-order chi connectivity index (χ1) is 8.54. The van der Waals surface area contributed by atoms with Gasteiger partial charge in [-0.05, 0) is 25.1 Å². The highest BCUT2D eigenvalue weighted by molar-refractivity contribution is 6.07. The number of allylic oxidation sites excluding steroid dienone is 3. The fraction of sp³-hybridized carbons (Fsp3) is 0.154. The molecule has 0 aliphatic heterocycles. The Balaban J connectivity index is 2.94. The second-order valence-electron chi connectivity index (χ2n) is 3.44. The third-order valence-electron chi connectivity index (χ3n) is 2.00. The first-order valence-electron chi connectivity index (χ1n) is 5.23. The van der Waals surface area contributed by atoms with Crippen molar-refractivity contribution in [1.29, 1.82) is 5.41 Å². The molecular weight excluding hydrogens is 236 g/mol. The molecule has 0 aromatic carbocycles. The lowest BCUT2D eigenvalue weighted by Crippen LogP contribution is -2.04. The van der Waals surface area contributed by atoms with Crippen LogP contribution in [0.2, 0.25) is 0 Å². The van der Waals surface area contributed by atoms with Crippen LogP contribution < -0.4 is 0 Å². The quantitative estimate of drug-likeness (QED) is 0.495. The van der Waals surface area contributed by atoms with Crippen LogP contribution in [-0.4, -0.2) is 16.5 Å². The lowest BCUT2D eigenvalue weighted by molar-refractivity contribution is 0.146. The molecule has 0 aliphatic carbocycles. The van der Waals surface area contributed by atoms with E-state index in [1.807, 2.05) is 0 Å². The van der Waals surface area contributed by atoms with E-state index in [1.54, 1.807) is 25.2 Å². The predicted molar refractivity (Wildman–Crippen MR) is 68.5 cm³/mol. The van der Waals surface area contributed by atoms with Crippen molar-refractivity contribution in [2.45, 2.75) is 13.3 Å². The number of nitrogens with one attached hydrogen (secondary N) is 1. The maximum absolute atomic E-state index is 12.4. The van der Waals surface area contributed by atoms with Gasteiger partial charge in [-0.3, -0.25) is 5.41 Å². The van der Waals surface area contributed by atoms with Gasteiger partial charge in [-0.2, -0.15) is 0 Å². The van der Waals surface area contributed by atoms with E-state index in [2.05, 4.69) is 16.6 Å². The van der Waals surface area contributed by atoms with Crippen molar-refractivity contribution in [2.75, 3.05) is 0 Å². The molecule has 1 N–H and O–H groups in total. The molecule has 0 fully saturated rings. The van der Waals surface area contributed by atoms with Gasteiger partial charge in [0.25, 0.3) is 6.43 Å². The predicted octanol–water partition coefficient (Wildman–Crippen LogP) is 3.55. The zero-order chi connectivity index (χ0) is 13.5. The molecule has 1 heterocycles. The Kier molecular flexibility index (Phi) is 5.05. The standard InChI is InChI=1S/C13H13F2N3/c1-3-4-6-9(2)17-13(16)11-8-5-7-10(18-11)12(14)15/h3-8,12,16H,1H2,2H3/b6-4+,16-13?,17-9-. The van der Waals surface area contributed by atoms with Gasteiger partial charge in [0.15, 0.2) is 5.84 Å². The molecule has 0 bridgehead atoms. The number of hydrogen-bond acceptors (Lipinski definition) is 2. The number of halogens is 2. The van der Waals surface area contributed by atoms with Gasteiger partial charge in [-0.25, -0.2) is 18.8 Å². The minimum atomic E-state index is -2.65. The van der Waals surface area contributed by atoms with Gasteiger partial charge in [0.05, 0.1) is 0 Å². The van der Waals surface area contributed by atoms with Gasteiger partial charge in [0, 0.05) is 5.71 Å². The molecule has 3 nitrogen and oxygen atoms in total. The average molecular weight is 249 g/mol. The fourth-order valence-corrected chi connectivity index (χ4v) is 1.18. The number of alkyl halides is 2. The van der Waals surface area contributed by atoms with Gasteiger partial charge in [0.2, 0.25) is 0 Å². The van der Waals surface area contributed by atoms with E-state index in [9.17, 15) is 8.78 Å². The highest BCUT2D eigenvalue weighted by atomic mass is 19.3. The summed E-state index contributed by atoms with van der Waals surface area (Å²) in [5.74, 6) is -0.149. The molecular formula is C13H13F2N3. The molecule has 94 valence electrons. The summed E-state index contributed by atoms with van der Waals surface area (Å²) >= 11 is 0. The van der Waals surface area contributed by atoms with E-state index in [1.165, 1.54) is 18.2 Å². The highest BCUT2D eigenvalue weighted by Crippen LogP contribution is 2.16. The first kappa shape index (κ1) is 13.9. The first-order valence-corrected chi connectivity index (χ1v) is 5.23. The summed E-state index contributed by atoms with van der Waals surface area (Å²) in [7, 11) is 0. The van der Waals surface area contributed by atoms with Crippen LogP contribution in [-0.2, 0) is 0 Å². The van der Waals surface area contributed by atoms with Gasteiger partial charge < -0.3 is 0 Å². The fourth-order valence-electron chi connectivity index (χ4n) is 1.18.